The molecule has 0 amide bonds. The molecule has 5 nitrogen and oxygen atoms in total. The summed E-state index contributed by atoms with van der Waals surface area (Å²) in [6.07, 6.45) is 1.35. The second kappa shape index (κ2) is 5.88. The fourth-order valence-electron chi connectivity index (χ4n) is 2.08. The van der Waals surface area contributed by atoms with Gasteiger partial charge in [-0.2, -0.15) is 0 Å². The molecule has 0 saturated carbocycles. The van der Waals surface area contributed by atoms with Crippen LogP contribution in [0.25, 0.3) is 10.8 Å². The van der Waals surface area contributed by atoms with Crippen molar-refractivity contribution in [3.8, 4) is 0 Å². The smallest absolute Gasteiger partial charge is 0.337 e. The van der Waals surface area contributed by atoms with Gasteiger partial charge in [0.05, 0.1) is 18.2 Å². The summed E-state index contributed by atoms with van der Waals surface area (Å²) in [4.78, 5) is 15.4. The third kappa shape index (κ3) is 2.72. The molecule has 1 atom stereocenters. The molecule has 5 heteroatoms. The van der Waals surface area contributed by atoms with Gasteiger partial charge in [0.2, 0.25) is 0 Å². The predicted molar refractivity (Wildman–Crippen MR) is 78.0 cm³/mol. The maximum Gasteiger partial charge on any atom is 0.337 e. The molecule has 3 N–H and O–H groups in total. The lowest BCUT2D eigenvalue weighted by atomic mass is 10.0. The predicted octanol–water partition coefficient (Wildman–Crippen LogP) is 2.36. The Morgan fingerprint density at radius 2 is 1.95 bits per heavy atom. The molecular formula is C15H18N2O3. The summed E-state index contributed by atoms with van der Waals surface area (Å²) in [6.45, 7) is 4.00. The fraction of sp³-hybridized carbons (Fsp3) is 0.333. The standard InChI is InChI=1S/C15H18N2O3/c1-9(2)13(8-18)17-14-11-6-4-3-5-10(11)12(7-16-14)15(19)20/h3-7,9,13,18H,8H2,1-2H3,(H,16,17)(H,19,20). The molecule has 2 rings (SSSR count). The summed E-state index contributed by atoms with van der Waals surface area (Å²) in [5, 5.41) is 23.1. The first-order valence-electron chi connectivity index (χ1n) is 6.53. The van der Waals surface area contributed by atoms with Crippen LogP contribution in [0.2, 0.25) is 0 Å². The maximum atomic E-state index is 11.2. The van der Waals surface area contributed by atoms with E-state index in [2.05, 4.69) is 10.3 Å². The highest BCUT2D eigenvalue weighted by atomic mass is 16.4. The molecule has 106 valence electrons. The summed E-state index contributed by atoms with van der Waals surface area (Å²) < 4.78 is 0. The Balaban J connectivity index is 2.50. The zero-order valence-corrected chi connectivity index (χ0v) is 11.5. The number of carboxylic acid groups (broad SMARTS) is 1. The Kier molecular flexibility index (Phi) is 4.20. The Hall–Kier alpha value is -2.14. The van der Waals surface area contributed by atoms with Crippen molar-refractivity contribution in [2.45, 2.75) is 19.9 Å². The fourth-order valence-corrected chi connectivity index (χ4v) is 2.08. The number of rotatable bonds is 5. The number of nitrogens with zero attached hydrogens (tertiary/aromatic N) is 1. The van der Waals surface area contributed by atoms with E-state index >= 15 is 0 Å². The van der Waals surface area contributed by atoms with Crippen LogP contribution >= 0.6 is 0 Å². The quantitative estimate of drug-likeness (QED) is 0.779. The second-order valence-corrected chi connectivity index (χ2v) is 5.05. The van der Waals surface area contributed by atoms with Crippen molar-refractivity contribution >= 4 is 22.6 Å². The number of aromatic carboxylic acids is 1. The van der Waals surface area contributed by atoms with E-state index in [9.17, 15) is 15.0 Å². The van der Waals surface area contributed by atoms with Gasteiger partial charge in [-0.1, -0.05) is 38.1 Å². The first-order chi connectivity index (χ1) is 9.54. The lowest BCUT2D eigenvalue weighted by Gasteiger charge is -2.21. The van der Waals surface area contributed by atoms with Crippen molar-refractivity contribution in [2.75, 3.05) is 11.9 Å². The highest BCUT2D eigenvalue weighted by molar-refractivity contribution is 6.06. The summed E-state index contributed by atoms with van der Waals surface area (Å²) >= 11 is 0. The van der Waals surface area contributed by atoms with Gasteiger partial charge < -0.3 is 15.5 Å². The van der Waals surface area contributed by atoms with E-state index in [0.29, 0.717) is 11.2 Å². The monoisotopic (exact) mass is 274 g/mol. The van der Waals surface area contributed by atoms with Gasteiger partial charge in [0.1, 0.15) is 5.82 Å². The molecule has 0 fully saturated rings. The summed E-state index contributed by atoms with van der Waals surface area (Å²) in [7, 11) is 0. The molecule has 1 aromatic carbocycles. The zero-order valence-electron chi connectivity index (χ0n) is 11.5. The minimum atomic E-state index is -0.997. The largest absolute Gasteiger partial charge is 0.478 e. The second-order valence-electron chi connectivity index (χ2n) is 5.05. The molecule has 0 saturated heterocycles. The molecule has 0 spiro atoms. The van der Waals surface area contributed by atoms with E-state index in [4.69, 9.17) is 0 Å². The molecule has 1 unspecified atom stereocenters. The van der Waals surface area contributed by atoms with E-state index in [-0.39, 0.29) is 24.1 Å². The average Bonchev–Trinajstić information content (AvgIpc) is 2.43. The van der Waals surface area contributed by atoms with E-state index in [1.807, 2.05) is 26.0 Å². The number of fused-ring (bicyclic) bond motifs is 1. The molecule has 0 aliphatic rings. The number of aliphatic hydroxyl groups is 1. The minimum Gasteiger partial charge on any atom is -0.478 e. The molecule has 0 aliphatic carbocycles. The van der Waals surface area contributed by atoms with Crippen LogP contribution in [0, 0.1) is 5.92 Å². The van der Waals surface area contributed by atoms with Gasteiger partial charge in [0.25, 0.3) is 0 Å². The summed E-state index contributed by atoms with van der Waals surface area (Å²) in [5.41, 5.74) is 0.177. The molecule has 0 bridgehead atoms. The van der Waals surface area contributed by atoms with Crippen molar-refractivity contribution in [1.29, 1.82) is 0 Å². The number of nitrogens with one attached hydrogen (secondary N) is 1. The lowest BCUT2D eigenvalue weighted by Crippen LogP contribution is -2.30. The summed E-state index contributed by atoms with van der Waals surface area (Å²) in [5.74, 6) is -0.166. The third-order valence-electron chi connectivity index (χ3n) is 3.35. The van der Waals surface area contributed by atoms with Crippen LogP contribution in [0.3, 0.4) is 0 Å². The van der Waals surface area contributed by atoms with E-state index in [0.717, 1.165) is 5.39 Å². The number of aliphatic hydroxyl groups excluding tert-OH is 1. The van der Waals surface area contributed by atoms with Crippen LogP contribution in [0.4, 0.5) is 5.82 Å². The summed E-state index contributed by atoms with van der Waals surface area (Å²) in [6, 6.07) is 7.09. The van der Waals surface area contributed by atoms with Gasteiger partial charge in [-0.3, -0.25) is 0 Å². The van der Waals surface area contributed by atoms with Gasteiger partial charge >= 0.3 is 5.97 Å². The van der Waals surface area contributed by atoms with Crippen molar-refractivity contribution in [2.24, 2.45) is 5.92 Å². The number of anilines is 1. The maximum absolute atomic E-state index is 11.2. The Bertz CT molecular complexity index is 626. The first-order valence-corrected chi connectivity index (χ1v) is 6.53. The van der Waals surface area contributed by atoms with E-state index in [1.165, 1.54) is 6.20 Å². The molecule has 20 heavy (non-hydrogen) atoms. The van der Waals surface area contributed by atoms with Crippen molar-refractivity contribution < 1.29 is 15.0 Å². The van der Waals surface area contributed by atoms with Gasteiger partial charge in [-0.15, -0.1) is 0 Å². The van der Waals surface area contributed by atoms with Crippen molar-refractivity contribution in [3.63, 3.8) is 0 Å². The number of carbonyl (C=O) groups is 1. The lowest BCUT2D eigenvalue weighted by molar-refractivity contribution is 0.0698. The van der Waals surface area contributed by atoms with Crippen LogP contribution < -0.4 is 5.32 Å². The molecular weight excluding hydrogens is 256 g/mol. The Labute approximate surface area is 117 Å². The number of hydrogen-bond donors (Lipinski definition) is 3. The normalized spacial score (nSPS) is 12.6. The van der Waals surface area contributed by atoms with Gasteiger partial charge in [-0.05, 0) is 5.92 Å². The highest BCUT2D eigenvalue weighted by Gasteiger charge is 2.16. The van der Waals surface area contributed by atoms with Crippen LogP contribution in [-0.4, -0.2) is 33.8 Å². The molecule has 2 aromatic rings. The number of aromatic nitrogens is 1. The topological polar surface area (TPSA) is 82.5 Å². The van der Waals surface area contributed by atoms with Gasteiger partial charge in [0.15, 0.2) is 0 Å². The van der Waals surface area contributed by atoms with Crippen LogP contribution in [0.15, 0.2) is 30.5 Å². The van der Waals surface area contributed by atoms with Crippen LogP contribution in [0.5, 0.6) is 0 Å². The van der Waals surface area contributed by atoms with Crippen molar-refractivity contribution in [1.82, 2.24) is 4.98 Å². The highest BCUT2D eigenvalue weighted by Crippen LogP contribution is 2.25. The Morgan fingerprint density at radius 1 is 1.30 bits per heavy atom. The number of carboxylic acids is 1. The van der Waals surface area contributed by atoms with E-state index in [1.54, 1.807) is 12.1 Å². The Morgan fingerprint density at radius 3 is 2.50 bits per heavy atom. The molecule has 0 radical (unpaired) electrons. The van der Waals surface area contributed by atoms with E-state index < -0.39 is 5.97 Å². The van der Waals surface area contributed by atoms with Crippen LogP contribution in [-0.2, 0) is 0 Å². The molecule has 1 aromatic heterocycles. The number of benzene rings is 1. The SMILES string of the molecule is CC(C)C(CO)Nc1ncc(C(=O)O)c2ccccc12. The number of pyridine rings is 1. The minimum absolute atomic E-state index is 0.00560. The molecule has 1 heterocycles. The third-order valence-corrected chi connectivity index (χ3v) is 3.35. The molecule has 0 aliphatic heterocycles. The van der Waals surface area contributed by atoms with Gasteiger partial charge in [0, 0.05) is 17.0 Å². The van der Waals surface area contributed by atoms with Gasteiger partial charge in [-0.25, -0.2) is 9.78 Å². The average molecular weight is 274 g/mol. The van der Waals surface area contributed by atoms with Crippen LogP contribution in [0.1, 0.15) is 24.2 Å². The van der Waals surface area contributed by atoms with Crippen molar-refractivity contribution in [3.05, 3.63) is 36.0 Å². The zero-order chi connectivity index (χ0) is 14.7. The number of hydrogen-bond acceptors (Lipinski definition) is 4. The first kappa shape index (κ1) is 14.3.